The first-order valence-corrected chi connectivity index (χ1v) is 11.1. The Balaban J connectivity index is 1.92. The number of carbonyl (C=O) groups excluding carboxylic acids is 2. The van der Waals surface area contributed by atoms with Gasteiger partial charge in [-0.25, -0.2) is 0 Å². The van der Waals surface area contributed by atoms with Crippen LogP contribution in [0.3, 0.4) is 0 Å². The number of hydrogen-bond donors (Lipinski definition) is 2. The number of nitrogens with one attached hydrogen (secondary N) is 1. The van der Waals surface area contributed by atoms with Gasteiger partial charge in [0.2, 0.25) is 5.91 Å². The van der Waals surface area contributed by atoms with Crippen LogP contribution in [0.25, 0.3) is 0 Å². The molecule has 2 aromatic rings. The molecule has 1 atom stereocenters. The van der Waals surface area contributed by atoms with Gasteiger partial charge in [-0.05, 0) is 49.4 Å². The van der Waals surface area contributed by atoms with Gasteiger partial charge >= 0.3 is 0 Å². The van der Waals surface area contributed by atoms with E-state index in [1.165, 1.54) is 0 Å². The summed E-state index contributed by atoms with van der Waals surface area (Å²) >= 11 is 0. The molecule has 1 aliphatic carbocycles. The summed E-state index contributed by atoms with van der Waals surface area (Å²) < 4.78 is 0. The molecule has 5 rings (SSSR count). The molecular weight excluding hydrogens is 412 g/mol. The van der Waals surface area contributed by atoms with Crippen molar-refractivity contribution in [1.29, 1.82) is 5.26 Å². The summed E-state index contributed by atoms with van der Waals surface area (Å²) in [5.74, 6) is -0.326. The van der Waals surface area contributed by atoms with Gasteiger partial charge < -0.3 is 11.1 Å². The molecule has 3 aliphatic rings. The number of nitrogens with two attached hydrogens (primary N) is 1. The van der Waals surface area contributed by atoms with Gasteiger partial charge in [0, 0.05) is 34.6 Å². The summed E-state index contributed by atoms with van der Waals surface area (Å²) in [4.78, 5) is 29.4. The van der Waals surface area contributed by atoms with Crippen LogP contribution >= 0.6 is 0 Å². The predicted molar refractivity (Wildman–Crippen MR) is 127 cm³/mol. The molecule has 6 nitrogen and oxygen atoms in total. The Morgan fingerprint density at radius 3 is 2.48 bits per heavy atom. The average molecular weight is 439 g/mol. The van der Waals surface area contributed by atoms with E-state index in [1.807, 2.05) is 75.1 Å². The van der Waals surface area contributed by atoms with Crippen LogP contribution in [0.1, 0.15) is 43.4 Å². The molecule has 2 aliphatic heterocycles. The highest BCUT2D eigenvalue weighted by molar-refractivity contribution is 6.20. The molecule has 0 saturated carbocycles. The zero-order valence-corrected chi connectivity index (χ0v) is 19.2. The zero-order valence-electron chi connectivity index (χ0n) is 19.2. The minimum absolute atomic E-state index is 0.0951. The summed E-state index contributed by atoms with van der Waals surface area (Å²) in [7, 11) is 0. The molecule has 0 unspecified atom stereocenters. The third-order valence-corrected chi connectivity index (χ3v) is 6.91. The van der Waals surface area contributed by atoms with Crippen molar-refractivity contribution < 1.29 is 9.59 Å². The number of hydrogen-bond acceptors (Lipinski definition) is 5. The smallest absolute Gasteiger partial charge is 0.245 e. The van der Waals surface area contributed by atoms with E-state index < -0.39 is 11.3 Å². The molecule has 166 valence electrons. The van der Waals surface area contributed by atoms with Gasteiger partial charge in [-0.2, -0.15) is 5.26 Å². The molecule has 1 amide bonds. The Labute approximate surface area is 193 Å². The molecule has 2 heterocycles. The number of Topliss-reactive ketones (excluding diaryl/α,β-unsaturated/α-hetero) is 1. The zero-order chi connectivity index (χ0) is 23.7. The van der Waals surface area contributed by atoms with E-state index in [4.69, 9.17) is 5.73 Å². The van der Waals surface area contributed by atoms with E-state index in [1.54, 1.807) is 0 Å². The maximum absolute atomic E-state index is 13.8. The summed E-state index contributed by atoms with van der Waals surface area (Å²) in [6.45, 7) is 8.00. The molecule has 1 spiro atoms. The second-order valence-electron chi connectivity index (χ2n) is 10.1. The van der Waals surface area contributed by atoms with Gasteiger partial charge in [-0.3, -0.25) is 14.5 Å². The Hall–Kier alpha value is -3.85. The number of allylic oxidation sites excluding steroid dienone is 1. The number of amides is 1. The second kappa shape index (κ2) is 6.82. The number of ketones is 1. The Bertz CT molecular complexity index is 1360. The molecule has 2 aromatic carbocycles. The fraction of sp³-hybridized carbons (Fsp3) is 0.296. The van der Waals surface area contributed by atoms with E-state index >= 15 is 0 Å². The van der Waals surface area contributed by atoms with Gasteiger partial charge in [0.1, 0.15) is 17.3 Å². The Kier molecular flexibility index (Phi) is 4.35. The van der Waals surface area contributed by atoms with Crippen LogP contribution in [-0.2, 0) is 15.0 Å². The van der Waals surface area contributed by atoms with Crippen LogP contribution in [-0.4, -0.2) is 11.7 Å². The third-order valence-electron chi connectivity index (χ3n) is 6.91. The van der Waals surface area contributed by atoms with Crippen molar-refractivity contribution >= 4 is 23.1 Å². The van der Waals surface area contributed by atoms with Gasteiger partial charge in [-0.15, -0.1) is 0 Å². The fourth-order valence-electron chi connectivity index (χ4n) is 5.59. The van der Waals surface area contributed by atoms with Gasteiger partial charge in [0.25, 0.3) is 0 Å². The number of carbonyl (C=O) groups is 2. The SMILES string of the molecule is Cc1cccc(N2C(N)=C(C#N)[C@@]3(C(=O)Nc4ccc(C)cc43)C3=C2CC(C)(C)CC3=O)c1. The Morgan fingerprint density at radius 1 is 1.06 bits per heavy atom. The van der Waals surface area contributed by atoms with Gasteiger partial charge in [0.15, 0.2) is 5.78 Å². The quantitative estimate of drug-likeness (QED) is 0.690. The normalized spacial score (nSPS) is 23.4. The van der Waals surface area contributed by atoms with E-state index in [-0.39, 0.29) is 22.6 Å². The van der Waals surface area contributed by atoms with Gasteiger partial charge in [0.05, 0.1) is 5.57 Å². The number of nitriles is 1. The van der Waals surface area contributed by atoms with E-state index in [9.17, 15) is 14.9 Å². The van der Waals surface area contributed by atoms with E-state index in [0.717, 1.165) is 16.8 Å². The van der Waals surface area contributed by atoms with E-state index in [0.29, 0.717) is 35.4 Å². The maximum atomic E-state index is 13.8. The lowest BCUT2D eigenvalue weighted by atomic mass is 9.60. The third kappa shape index (κ3) is 2.78. The summed E-state index contributed by atoms with van der Waals surface area (Å²) in [5, 5.41) is 13.3. The maximum Gasteiger partial charge on any atom is 0.245 e. The van der Waals surface area contributed by atoms with Crippen molar-refractivity contribution in [3.8, 4) is 6.07 Å². The highest BCUT2D eigenvalue weighted by Crippen LogP contribution is 2.57. The van der Waals surface area contributed by atoms with Crippen LogP contribution in [0.2, 0.25) is 0 Å². The van der Waals surface area contributed by atoms with E-state index in [2.05, 4.69) is 11.4 Å². The fourth-order valence-corrected chi connectivity index (χ4v) is 5.59. The molecule has 33 heavy (non-hydrogen) atoms. The molecule has 0 aromatic heterocycles. The van der Waals surface area contributed by atoms with Crippen LogP contribution in [0.4, 0.5) is 11.4 Å². The number of benzene rings is 2. The van der Waals surface area contributed by atoms with Crippen molar-refractivity contribution in [3.05, 3.63) is 81.8 Å². The first-order valence-electron chi connectivity index (χ1n) is 11.1. The number of aryl methyl sites for hydroxylation is 2. The van der Waals surface area contributed by atoms with Crippen LogP contribution in [0.15, 0.2) is 65.1 Å². The molecular formula is C27H26N4O2. The van der Waals surface area contributed by atoms with Crippen molar-refractivity contribution in [3.63, 3.8) is 0 Å². The lowest BCUT2D eigenvalue weighted by Gasteiger charge is -2.46. The highest BCUT2D eigenvalue weighted by Gasteiger charge is 2.61. The van der Waals surface area contributed by atoms with Crippen molar-refractivity contribution in [2.75, 3.05) is 10.2 Å². The summed E-state index contributed by atoms with van der Waals surface area (Å²) in [6, 6.07) is 15.6. The predicted octanol–water partition coefficient (Wildman–Crippen LogP) is 4.35. The summed E-state index contributed by atoms with van der Waals surface area (Å²) in [5.41, 5.74) is 10.0. The minimum Gasteiger partial charge on any atom is -0.384 e. The number of anilines is 2. The highest BCUT2D eigenvalue weighted by atomic mass is 16.2. The first kappa shape index (κ1) is 21.0. The molecule has 3 N–H and O–H groups in total. The monoisotopic (exact) mass is 438 g/mol. The summed E-state index contributed by atoms with van der Waals surface area (Å²) in [6.07, 6.45) is 0.847. The average Bonchev–Trinajstić information content (AvgIpc) is 2.99. The second-order valence-corrected chi connectivity index (χ2v) is 10.1. The molecule has 0 saturated heterocycles. The first-order chi connectivity index (χ1) is 15.6. The van der Waals surface area contributed by atoms with Crippen molar-refractivity contribution in [2.24, 2.45) is 11.1 Å². The Morgan fingerprint density at radius 2 is 1.79 bits per heavy atom. The lowest BCUT2D eigenvalue weighted by molar-refractivity contribution is -0.123. The topological polar surface area (TPSA) is 99.2 Å². The standard InChI is InChI=1S/C27H26N4O2/c1-15-6-5-7-17(10-15)31-21-12-26(3,4)13-22(32)23(21)27(19(14-28)24(31)29)18-11-16(2)8-9-20(18)30-25(27)33/h5-11H,12-13,29H2,1-4H3,(H,30,33)/t27-/m1/s1. The molecule has 0 bridgehead atoms. The largest absolute Gasteiger partial charge is 0.384 e. The van der Waals surface area contributed by atoms with Gasteiger partial charge in [-0.1, -0.05) is 43.7 Å². The number of fused-ring (bicyclic) bond motifs is 3. The van der Waals surface area contributed by atoms with Crippen LogP contribution < -0.4 is 16.0 Å². The van der Waals surface area contributed by atoms with Crippen LogP contribution in [0.5, 0.6) is 0 Å². The molecule has 6 heteroatoms. The van der Waals surface area contributed by atoms with Crippen molar-refractivity contribution in [2.45, 2.75) is 46.0 Å². The minimum atomic E-state index is -1.54. The lowest BCUT2D eigenvalue weighted by Crippen LogP contribution is -2.52. The van der Waals surface area contributed by atoms with Crippen molar-refractivity contribution in [1.82, 2.24) is 0 Å². The molecule has 0 radical (unpaired) electrons. The number of nitrogens with zero attached hydrogens (tertiary/aromatic N) is 2. The van der Waals surface area contributed by atoms with Crippen LogP contribution in [0, 0.1) is 30.6 Å². The molecule has 0 fully saturated rings. The number of rotatable bonds is 1.